The van der Waals surface area contributed by atoms with Crippen molar-refractivity contribution in [1.29, 1.82) is 0 Å². The number of para-hydroxylation sites is 1. The zero-order valence-electron chi connectivity index (χ0n) is 13.8. The summed E-state index contributed by atoms with van der Waals surface area (Å²) in [6.45, 7) is 2.54. The third kappa shape index (κ3) is 3.48. The lowest BCUT2D eigenvalue weighted by Gasteiger charge is -2.22. The number of aryl methyl sites for hydroxylation is 1. The van der Waals surface area contributed by atoms with E-state index in [1.54, 1.807) is 46.6 Å². The van der Waals surface area contributed by atoms with Crippen molar-refractivity contribution in [2.45, 2.75) is 23.5 Å². The number of benzene rings is 1. The summed E-state index contributed by atoms with van der Waals surface area (Å²) in [5, 5.41) is 0.440. The van der Waals surface area contributed by atoms with Gasteiger partial charge in [0, 0.05) is 29.9 Å². The number of thioether (sulfide) groups is 1. The number of carbonyl (C=O) groups excluding carboxylic acids is 2. The summed E-state index contributed by atoms with van der Waals surface area (Å²) in [6, 6.07) is 11.3. The fraction of sp³-hybridized carbons (Fsp3) is 0.333. The summed E-state index contributed by atoms with van der Waals surface area (Å²) < 4.78 is 6.88. The molecule has 0 radical (unpaired) electrons. The zero-order chi connectivity index (χ0) is 17.1. The van der Waals surface area contributed by atoms with Gasteiger partial charge >= 0.3 is 5.97 Å². The summed E-state index contributed by atoms with van der Waals surface area (Å²) in [6.07, 6.45) is 2.67. The summed E-state index contributed by atoms with van der Waals surface area (Å²) in [7, 11) is 1.77. The molecule has 126 valence electrons. The van der Waals surface area contributed by atoms with E-state index in [0.29, 0.717) is 17.5 Å². The van der Waals surface area contributed by atoms with Crippen LogP contribution in [0.15, 0.2) is 47.5 Å². The first-order chi connectivity index (χ1) is 11.6. The van der Waals surface area contributed by atoms with Gasteiger partial charge in [-0.1, -0.05) is 19.1 Å². The summed E-state index contributed by atoms with van der Waals surface area (Å²) in [5.74, 6) is -0.679. The molecule has 0 unspecified atom stereocenters. The molecule has 3 rings (SSSR count). The van der Waals surface area contributed by atoms with Gasteiger partial charge in [0.2, 0.25) is 0 Å². The molecule has 0 saturated heterocycles. The Balaban J connectivity index is 1.71. The molecule has 0 bridgehead atoms. The molecule has 0 N–H and O–H groups in total. The second kappa shape index (κ2) is 7.13. The van der Waals surface area contributed by atoms with Gasteiger partial charge in [-0.25, -0.2) is 4.79 Å². The lowest BCUT2D eigenvalue weighted by atomic mass is 10.2. The second-order valence-corrected chi connectivity index (χ2v) is 7.29. The summed E-state index contributed by atoms with van der Waals surface area (Å²) >= 11 is 1.77. The van der Waals surface area contributed by atoms with Crippen LogP contribution in [0.4, 0.5) is 5.69 Å². The highest BCUT2D eigenvalue weighted by molar-refractivity contribution is 8.00. The van der Waals surface area contributed by atoms with Crippen LogP contribution in [0, 0.1) is 0 Å². The Morgan fingerprint density at radius 1 is 1.25 bits per heavy atom. The van der Waals surface area contributed by atoms with E-state index in [1.807, 2.05) is 24.3 Å². The highest BCUT2D eigenvalue weighted by Gasteiger charge is 2.25. The Hall–Kier alpha value is -2.21. The fourth-order valence-electron chi connectivity index (χ4n) is 2.70. The first-order valence-electron chi connectivity index (χ1n) is 7.91. The van der Waals surface area contributed by atoms with Crippen LogP contribution in [-0.4, -0.2) is 34.8 Å². The number of rotatable bonds is 3. The van der Waals surface area contributed by atoms with Gasteiger partial charge in [-0.2, -0.15) is 0 Å². The van der Waals surface area contributed by atoms with Crippen LogP contribution in [0.5, 0.6) is 0 Å². The summed E-state index contributed by atoms with van der Waals surface area (Å²) in [5.41, 5.74) is 1.33. The molecule has 1 aliphatic rings. The van der Waals surface area contributed by atoms with Gasteiger partial charge in [-0.15, -0.1) is 11.8 Å². The number of anilines is 1. The molecule has 24 heavy (non-hydrogen) atoms. The van der Waals surface area contributed by atoms with Gasteiger partial charge in [-0.05, 0) is 30.7 Å². The molecule has 1 aliphatic heterocycles. The molecule has 0 aliphatic carbocycles. The smallest absolute Gasteiger partial charge is 0.355 e. The van der Waals surface area contributed by atoms with E-state index in [0.717, 1.165) is 17.0 Å². The van der Waals surface area contributed by atoms with Gasteiger partial charge < -0.3 is 14.2 Å². The van der Waals surface area contributed by atoms with Gasteiger partial charge in [0.25, 0.3) is 5.91 Å². The third-order valence-electron chi connectivity index (χ3n) is 4.02. The zero-order valence-corrected chi connectivity index (χ0v) is 14.6. The predicted octanol–water partition coefficient (Wildman–Crippen LogP) is 3.10. The Kier molecular flexibility index (Phi) is 4.94. The van der Waals surface area contributed by atoms with Crippen molar-refractivity contribution in [3.8, 4) is 0 Å². The minimum atomic E-state index is -0.485. The van der Waals surface area contributed by atoms with Crippen molar-refractivity contribution < 1.29 is 14.3 Å². The fourth-order valence-corrected chi connectivity index (χ4v) is 3.81. The lowest BCUT2D eigenvalue weighted by molar-refractivity contribution is -0.121. The van der Waals surface area contributed by atoms with Gasteiger partial charge in [0.15, 0.2) is 6.61 Å². The molecule has 0 fully saturated rings. The molecular weight excluding hydrogens is 324 g/mol. The molecule has 2 heterocycles. The average molecular weight is 344 g/mol. The number of hydrogen-bond acceptors (Lipinski definition) is 4. The van der Waals surface area contributed by atoms with E-state index in [-0.39, 0.29) is 12.5 Å². The Morgan fingerprint density at radius 2 is 2.04 bits per heavy atom. The molecule has 6 heteroatoms. The standard InChI is InChI=1S/C18H20N2O3S/c1-13-9-11-20(14-6-3-4-8-16(14)24-13)17(21)12-23-18(22)15-7-5-10-19(15)2/h3-8,10,13H,9,11-12H2,1-2H3/t13-/m0/s1. The number of esters is 1. The maximum atomic E-state index is 12.6. The topological polar surface area (TPSA) is 51.5 Å². The van der Waals surface area contributed by atoms with Crippen molar-refractivity contribution in [3.63, 3.8) is 0 Å². The number of carbonyl (C=O) groups is 2. The van der Waals surface area contributed by atoms with E-state index < -0.39 is 5.97 Å². The third-order valence-corrected chi connectivity index (χ3v) is 5.26. The minimum absolute atomic E-state index is 0.195. The molecule has 2 aromatic rings. The Bertz CT molecular complexity index is 756. The van der Waals surface area contributed by atoms with Crippen LogP contribution in [0.25, 0.3) is 0 Å². The van der Waals surface area contributed by atoms with E-state index in [2.05, 4.69) is 6.92 Å². The largest absolute Gasteiger partial charge is 0.451 e. The highest BCUT2D eigenvalue weighted by Crippen LogP contribution is 2.37. The lowest BCUT2D eigenvalue weighted by Crippen LogP contribution is -2.36. The van der Waals surface area contributed by atoms with E-state index in [1.165, 1.54) is 0 Å². The van der Waals surface area contributed by atoms with E-state index in [9.17, 15) is 9.59 Å². The van der Waals surface area contributed by atoms with E-state index in [4.69, 9.17) is 4.74 Å². The maximum Gasteiger partial charge on any atom is 0.355 e. The van der Waals surface area contributed by atoms with Gasteiger partial charge in [0.05, 0.1) is 5.69 Å². The Morgan fingerprint density at radius 3 is 2.79 bits per heavy atom. The van der Waals surface area contributed by atoms with Gasteiger partial charge in [-0.3, -0.25) is 4.79 Å². The van der Waals surface area contributed by atoms with Crippen LogP contribution in [-0.2, 0) is 16.6 Å². The normalized spacial score (nSPS) is 17.1. The van der Waals surface area contributed by atoms with Crippen molar-refractivity contribution in [3.05, 3.63) is 48.3 Å². The van der Waals surface area contributed by atoms with Gasteiger partial charge in [0.1, 0.15) is 5.69 Å². The van der Waals surface area contributed by atoms with Crippen molar-refractivity contribution in [1.82, 2.24) is 4.57 Å². The Labute approximate surface area is 145 Å². The molecule has 0 spiro atoms. The van der Waals surface area contributed by atoms with E-state index >= 15 is 0 Å². The first kappa shape index (κ1) is 16.6. The van der Waals surface area contributed by atoms with Crippen molar-refractivity contribution in [2.75, 3.05) is 18.1 Å². The number of ether oxygens (including phenoxy) is 1. The molecule has 1 atom stereocenters. The first-order valence-corrected chi connectivity index (χ1v) is 8.78. The summed E-state index contributed by atoms with van der Waals surface area (Å²) in [4.78, 5) is 27.5. The SMILES string of the molecule is C[C@H]1CCN(C(=O)COC(=O)c2cccn2C)c2ccccc2S1. The number of hydrogen-bond donors (Lipinski definition) is 0. The van der Waals surface area contributed by atoms with Crippen LogP contribution in [0.3, 0.4) is 0 Å². The quantitative estimate of drug-likeness (QED) is 0.803. The predicted molar refractivity (Wildman–Crippen MR) is 94.4 cm³/mol. The van der Waals surface area contributed by atoms with Crippen molar-refractivity contribution >= 4 is 29.3 Å². The molecule has 1 aromatic heterocycles. The van der Waals surface area contributed by atoms with Crippen LogP contribution < -0.4 is 4.90 Å². The minimum Gasteiger partial charge on any atom is -0.451 e. The van der Waals surface area contributed by atoms with Crippen LogP contribution in [0.1, 0.15) is 23.8 Å². The van der Waals surface area contributed by atoms with Crippen LogP contribution in [0.2, 0.25) is 0 Å². The number of amides is 1. The molecule has 1 amide bonds. The number of fused-ring (bicyclic) bond motifs is 1. The second-order valence-electron chi connectivity index (χ2n) is 5.81. The average Bonchev–Trinajstić information content (AvgIpc) is 2.92. The molecular formula is C18H20N2O3S. The highest BCUT2D eigenvalue weighted by atomic mass is 32.2. The molecule has 0 saturated carbocycles. The molecule has 1 aromatic carbocycles. The number of nitrogens with zero attached hydrogens (tertiary/aromatic N) is 2. The molecule has 5 nitrogen and oxygen atoms in total. The monoisotopic (exact) mass is 344 g/mol. The maximum absolute atomic E-state index is 12.6. The van der Waals surface area contributed by atoms with Crippen molar-refractivity contribution in [2.24, 2.45) is 7.05 Å². The van der Waals surface area contributed by atoms with Crippen LogP contribution >= 0.6 is 11.8 Å². The number of aromatic nitrogens is 1.